The molecule has 0 fully saturated rings. The Morgan fingerprint density at radius 2 is 2.31 bits per heavy atom. The molecule has 0 aromatic carbocycles. The summed E-state index contributed by atoms with van der Waals surface area (Å²) >= 11 is 1.36. The Balaban J connectivity index is 2.22. The molecule has 0 aliphatic carbocycles. The van der Waals surface area contributed by atoms with Crippen molar-refractivity contribution in [2.45, 2.75) is 23.2 Å². The molecular formula is C9H11N5OS. The molecular weight excluding hydrogens is 226 g/mol. The molecule has 2 aromatic heterocycles. The molecule has 0 spiro atoms. The van der Waals surface area contributed by atoms with E-state index < -0.39 is 6.10 Å². The number of hydrogen-bond acceptors (Lipinski definition) is 6. The second-order valence-corrected chi connectivity index (χ2v) is 4.28. The average Bonchev–Trinajstić information content (AvgIpc) is 2.65. The molecule has 0 aliphatic heterocycles. The Hall–Kier alpha value is -1.47. The van der Waals surface area contributed by atoms with Crippen molar-refractivity contribution in [2.24, 2.45) is 7.05 Å². The Morgan fingerprint density at radius 3 is 2.94 bits per heavy atom. The van der Waals surface area contributed by atoms with Crippen molar-refractivity contribution in [2.75, 3.05) is 0 Å². The molecule has 0 aliphatic rings. The van der Waals surface area contributed by atoms with E-state index in [9.17, 15) is 5.11 Å². The van der Waals surface area contributed by atoms with Gasteiger partial charge < -0.3 is 5.11 Å². The summed E-state index contributed by atoms with van der Waals surface area (Å²) in [5, 5.41) is 22.0. The summed E-state index contributed by atoms with van der Waals surface area (Å²) in [4.78, 5) is 4.18. The fourth-order valence-corrected chi connectivity index (χ4v) is 1.88. The lowest BCUT2D eigenvalue weighted by molar-refractivity contribution is 0.199. The van der Waals surface area contributed by atoms with Gasteiger partial charge in [0.25, 0.3) is 0 Å². The van der Waals surface area contributed by atoms with E-state index in [-0.39, 0.29) is 0 Å². The fraction of sp³-hybridized carbons (Fsp3) is 0.333. The van der Waals surface area contributed by atoms with Gasteiger partial charge in [-0.15, -0.1) is 5.10 Å². The van der Waals surface area contributed by atoms with E-state index in [1.807, 2.05) is 6.07 Å². The SMILES string of the molecule is CC(O)c1ccnc(Sc2nnnn2C)c1. The van der Waals surface area contributed by atoms with Gasteiger partial charge in [-0.2, -0.15) is 0 Å². The van der Waals surface area contributed by atoms with E-state index >= 15 is 0 Å². The molecule has 0 saturated heterocycles. The monoisotopic (exact) mass is 237 g/mol. The van der Waals surface area contributed by atoms with Crippen molar-refractivity contribution >= 4 is 11.8 Å². The molecule has 0 amide bonds. The third-order valence-electron chi connectivity index (χ3n) is 2.02. The Kier molecular flexibility index (Phi) is 3.16. The van der Waals surface area contributed by atoms with Gasteiger partial charge in [-0.25, -0.2) is 9.67 Å². The van der Waals surface area contributed by atoms with Crippen LogP contribution in [0.5, 0.6) is 0 Å². The van der Waals surface area contributed by atoms with Gasteiger partial charge in [0.1, 0.15) is 5.03 Å². The maximum Gasteiger partial charge on any atom is 0.215 e. The van der Waals surface area contributed by atoms with Crippen LogP contribution in [-0.2, 0) is 7.05 Å². The number of pyridine rings is 1. The second kappa shape index (κ2) is 4.58. The van der Waals surface area contributed by atoms with E-state index in [0.29, 0.717) is 5.16 Å². The first-order valence-corrected chi connectivity index (χ1v) is 5.52. The maximum absolute atomic E-state index is 9.45. The van der Waals surface area contributed by atoms with Gasteiger partial charge in [0, 0.05) is 13.2 Å². The minimum atomic E-state index is -0.500. The Bertz CT molecular complexity index is 484. The van der Waals surface area contributed by atoms with Crippen LogP contribution in [0, 0.1) is 0 Å². The van der Waals surface area contributed by atoms with Crippen LogP contribution in [0.15, 0.2) is 28.5 Å². The molecule has 1 unspecified atom stereocenters. The van der Waals surface area contributed by atoms with Crippen molar-refractivity contribution in [3.8, 4) is 0 Å². The van der Waals surface area contributed by atoms with Crippen LogP contribution in [0.25, 0.3) is 0 Å². The predicted molar refractivity (Wildman–Crippen MR) is 57.8 cm³/mol. The van der Waals surface area contributed by atoms with Gasteiger partial charge in [0.05, 0.1) is 6.10 Å². The molecule has 84 valence electrons. The van der Waals surface area contributed by atoms with Crippen molar-refractivity contribution in [3.05, 3.63) is 23.9 Å². The molecule has 2 heterocycles. The van der Waals surface area contributed by atoms with Crippen LogP contribution in [-0.4, -0.2) is 30.3 Å². The van der Waals surface area contributed by atoms with Gasteiger partial charge in [-0.3, -0.25) is 0 Å². The highest BCUT2D eigenvalue weighted by Gasteiger charge is 2.08. The zero-order valence-corrected chi connectivity index (χ0v) is 9.72. The van der Waals surface area contributed by atoms with Gasteiger partial charge in [0.15, 0.2) is 0 Å². The molecule has 7 heteroatoms. The maximum atomic E-state index is 9.45. The number of aromatic nitrogens is 5. The number of tetrazole rings is 1. The first kappa shape index (κ1) is 11.0. The van der Waals surface area contributed by atoms with Gasteiger partial charge in [-0.05, 0) is 46.8 Å². The molecule has 16 heavy (non-hydrogen) atoms. The van der Waals surface area contributed by atoms with E-state index in [2.05, 4.69) is 20.5 Å². The molecule has 2 aromatic rings. The molecule has 6 nitrogen and oxygen atoms in total. The first-order valence-electron chi connectivity index (χ1n) is 4.71. The summed E-state index contributed by atoms with van der Waals surface area (Å²) < 4.78 is 1.57. The number of hydrogen-bond donors (Lipinski definition) is 1. The predicted octanol–water partition coefficient (Wildman–Crippen LogP) is 0.810. The van der Waals surface area contributed by atoms with Crippen LogP contribution in [0.3, 0.4) is 0 Å². The van der Waals surface area contributed by atoms with E-state index in [4.69, 9.17) is 0 Å². The summed E-state index contributed by atoms with van der Waals surface area (Å²) in [7, 11) is 1.76. The normalized spacial score (nSPS) is 12.7. The zero-order chi connectivity index (χ0) is 11.5. The molecule has 0 saturated carbocycles. The first-order chi connectivity index (χ1) is 7.66. The standard InChI is InChI=1S/C9H11N5OS/c1-6(15)7-3-4-10-8(5-7)16-9-11-12-13-14(9)2/h3-6,15H,1-2H3. The summed E-state index contributed by atoms with van der Waals surface area (Å²) in [5.74, 6) is 0. The van der Waals surface area contributed by atoms with E-state index in [1.165, 1.54) is 11.8 Å². The quantitative estimate of drug-likeness (QED) is 0.851. The summed E-state index contributed by atoms with van der Waals surface area (Å²) in [6.07, 6.45) is 1.16. The van der Waals surface area contributed by atoms with Gasteiger partial charge in [0.2, 0.25) is 5.16 Å². The van der Waals surface area contributed by atoms with Crippen molar-refractivity contribution in [1.29, 1.82) is 0 Å². The number of aliphatic hydroxyl groups is 1. The lowest BCUT2D eigenvalue weighted by Crippen LogP contribution is -1.95. The van der Waals surface area contributed by atoms with Crippen LogP contribution < -0.4 is 0 Å². The molecule has 1 atom stereocenters. The van der Waals surface area contributed by atoms with Crippen molar-refractivity contribution < 1.29 is 5.11 Å². The zero-order valence-electron chi connectivity index (χ0n) is 8.90. The number of nitrogens with zero attached hydrogens (tertiary/aromatic N) is 5. The van der Waals surface area contributed by atoms with Crippen molar-refractivity contribution in [1.82, 2.24) is 25.2 Å². The molecule has 0 bridgehead atoms. The largest absolute Gasteiger partial charge is 0.389 e. The topological polar surface area (TPSA) is 76.7 Å². The average molecular weight is 237 g/mol. The number of aryl methyl sites for hydroxylation is 1. The minimum absolute atomic E-state index is 0.500. The summed E-state index contributed by atoms with van der Waals surface area (Å²) in [6, 6.07) is 3.60. The van der Waals surface area contributed by atoms with E-state index in [0.717, 1.165) is 10.6 Å². The van der Waals surface area contributed by atoms with Crippen molar-refractivity contribution in [3.63, 3.8) is 0 Å². The van der Waals surface area contributed by atoms with Crippen LogP contribution >= 0.6 is 11.8 Å². The summed E-state index contributed by atoms with van der Waals surface area (Å²) in [5.41, 5.74) is 0.827. The molecule has 1 N–H and O–H groups in total. The van der Waals surface area contributed by atoms with Gasteiger partial charge in [-0.1, -0.05) is 0 Å². The Morgan fingerprint density at radius 1 is 1.50 bits per heavy atom. The second-order valence-electron chi connectivity index (χ2n) is 3.29. The van der Waals surface area contributed by atoms with Crippen LogP contribution in [0.1, 0.15) is 18.6 Å². The smallest absolute Gasteiger partial charge is 0.215 e. The minimum Gasteiger partial charge on any atom is -0.389 e. The number of aliphatic hydroxyl groups excluding tert-OH is 1. The van der Waals surface area contributed by atoms with Crippen LogP contribution in [0.4, 0.5) is 0 Å². The van der Waals surface area contributed by atoms with E-state index in [1.54, 1.807) is 30.9 Å². The fourth-order valence-electron chi connectivity index (χ4n) is 1.14. The third kappa shape index (κ3) is 2.37. The molecule has 0 radical (unpaired) electrons. The lowest BCUT2D eigenvalue weighted by Gasteiger charge is -2.05. The third-order valence-corrected chi connectivity index (χ3v) is 2.98. The van der Waals surface area contributed by atoms with Gasteiger partial charge >= 0.3 is 0 Å². The number of rotatable bonds is 3. The summed E-state index contributed by atoms with van der Waals surface area (Å²) in [6.45, 7) is 1.72. The molecule has 2 rings (SSSR count). The highest BCUT2D eigenvalue weighted by Crippen LogP contribution is 2.24. The Labute approximate surface area is 96.7 Å². The van der Waals surface area contributed by atoms with Crippen LogP contribution in [0.2, 0.25) is 0 Å². The lowest BCUT2D eigenvalue weighted by atomic mass is 10.2. The highest BCUT2D eigenvalue weighted by molar-refractivity contribution is 7.99. The highest BCUT2D eigenvalue weighted by atomic mass is 32.2.